The van der Waals surface area contributed by atoms with Crippen molar-refractivity contribution in [2.45, 2.75) is 104 Å². The number of hydrogen-bond donors (Lipinski definition) is 0. The van der Waals surface area contributed by atoms with Gasteiger partial charge in [-0.1, -0.05) is 104 Å². The van der Waals surface area contributed by atoms with Gasteiger partial charge in [-0.05, 0) is 39.9 Å². The number of nitrogens with zero attached hydrogens (tertiary/aromatic N) is 2. The van der Waals surface area contributed by atoms with Gasteiger partial charge in [-0.25, -0.2) is 9.80 Å². The summed E-state index contributed by atoms with van der Waals surface area (Å²) in [7, 11) is 0. The van der Waals surface area contributed by atoms with Crippen LogP contribution in [0.2, 0.25) is 0 Å². The Morgan fingerprint density at radius 2 is 0.714 bits per heavy atom. The molecule has 42 heavy (non-hydrogen) atoms. The molecule has 0 radical (unpaired) electrons. The van der Waals surface area contributed by atoms with E-state index in [0.29, 0.717) is 0 Å². The first-order valence-electron chi connectivity index (χ1n) is 15.1. The Morgan fingerprint density at radius 3 is 0.905 bits per heavy atom. The van der Waals surface area contributed by atoms with E-state index in [1.165, 1.54) is 9.80 Å². The monoisotopic (exact) mass is 580 g/mol. The van der Waals surface area contributed by atoms with Gasteiger partial charge in [0.05, 0.1) is 35.0 Å². The number of carbonyl (C=O) groups is 5. The first kappa shape index (κ1) is 33.7. The summed E-state index contributed by atoms with van der Waals surface area (Å²) in [5.41, 5.74) is -2.11. The van der Waals surface area contributed by atoms with Crippen LogP contribution in [0.25, 0.3) is 0 Å². The van der Waals surface area contributed by atoms with Crippen LogP contribution in [-0.2, 0) is 19.2 Å². The van der Waals surface area contributed by atoms with Crippen molar-refractivity contribution in [2.75, 3.05) is 9.80 Å². The minimum Gasteiger partial charge on any atom is -0.294 e. The van der Waals surface area contributed by atoms with E-state index in [1.54, 1.807) is 39.0 Å². The number of amides is 4. The SMILES string of the molecule is CC(C)(C)C(=O)c1cc(N2C(=O)C(C(C)(C)C)C(C(C)(C)C)C2=O)cc(N2C(=O)C(C(C)(C)C)C(C(C)(C)C)C2=O)c1. The van der Waals surface area contributed by atoms with Crippen LogP contribution in [-0.4, -0.2) is 29.4 Å². The number of anilines is 2. The quantitative estimate of drug-likeness (QED) is 0.276. The Labute approximate surface area is 252 Å². The fourth-order valence-corrected chi connectivity index (χ4v) is 6.75. The van der Waals surface area contributed by atoms with Gasteiger partial charge in [-0.2, -0.15) is 0 Å². The van der Waals surface area contributed by atoms with Crippen LogP contribution in [0, 0.1) is 50.7 Å². The van der Waals surface area contributed by atoms with Crippen LogP contribution in [0.1, 0.15) is 114 Å². The summed E-state index contributed by atoms with van der Waals surface area (Å²) in [5.74, 6) is -3.89. The molecule has 7 heteroatoms. The molecule has 0 spiro atoms. The summed E-state index contributed by atoms with van der Waals surface area (Å²) in [6, 6.07) is 4.68. The molecule has 4 unspecified atom stereocenters. The van der Waals surface area contributed by atoms with Crippen molar-refractivity contribution in [2.24, 2.45) is 50.7 Å². The second-order valence-corrected chi connectivity index (χ2v) is 17.7. The Hall–Kier alpha value is -2.83. The first-order valence-corrected chi connectivity index (χ1v) is 15.1. The van der Waals surface area contributed by atoms with Crippen LogP contribution in [0.4, 0.5) is 11.4 Å². The summed E-state index contributed by atoms with van der Waals surface area (Å²) >= 11 is 0. The number of ketones is 1. The minimum atomic E-state index is -0.780. The highest BCUT2D eigenvalue weighted by atomic mass is 16.2. The standard InChI is InChI=1S/C35H52N2O5/c1-31(2,3)22-23(32(4,5)6)28(40)36(27(22)39)20-16-19(26(38)35(13,14)15)17-21(18-20)37-29(41)24(33(7,8)9)25(30(37)42)34(10,11)12/h16-18,22-25H,1-15H3. The average molecular weight is 581 g/mol. The van der Waals surface area contributed by atoms with Crippen LogP contribution in [0.3, 0.4) is 0 Å². The highest BCUT2D eigenvalue weighted by Gasteiger charge is 2.58. The van der Waals surface area contributed by atoms with Crippen LogP contribution in [0.15, 0.2) is 18.2 Å². The molecule has 4 atom stereocenters. The Bertz CT molecular complexity index is 1170. The zero-order chi connectivity index (χ0) is 32.7. The average Bonchev–Trinajstić information content (AvgIpc) is 3.20. The summed E-state index contributed by atoms with van der Waals surface area (Å²) in [6.45, 7) is 28.8. The fraction of sp³-hybridized carbons (Fsp3) is 0.686. The molecule has 7 nitrogen and oxygen atoms in total. The van der Waals surface area contributed by atoms with Gasteiger partial charge in [-0.3, -0.25) is 24.0 Å². The molecule has 0 aromatic heterocycles. The third-order valence-corrected chi connectivity index (χ3v) is 8.71. The van der Waals surface area contributed by atoms with Gasteiger partial charge in [-0.15, -0.1) is 0 Å². The van der Waals surface area contributed by atoms with E-state index < -0.39 is 50.7 Å². The lowest BCUT2D eigenvalue weighted by atomic mass is 9.65. The van der Waals surface area contributed by atoms with E-state index in [1.807, 2.05) is 83.1 Å². The number of imide groups is 2. The van der Waals surface area contributed by atoms with Crippen LogP contribution >= 0.6 is 0 Å². The van der Waals surface area contributed by atoms with E-state index in [9.17, 15) is 24.0 Å². The molecule has 2 heterocycles. The van der Waals surface area contributed by atoms with Crippen LogP contribution < -0.4 is 9.80 Å². The van der Waals surface area contributed by atoms with E-state index in [2.05, 4.69) is 0 Å². The van der Waals surface area contributed by atoms with Gasteiger partial charge >= 0.3 is 0 Å². The Kier molecular flexibility index (Phi) is 8.12. The largest absolute Gasteiger partial charge is 0.294 e. The fourth-order valence-electron chi connectivity index (χ4n) is 6.75. The number of Topliss-reactive ketones (excluding diaryl/α,β-unsaturated/α-hetero) is 1. The molecule has 0 bridgehead atoms. The van der Waals surface area contributed by atoms with E-state index in [0.717, 1.165) is 0 Å². The highest BCUT2D eigenvalue weighted by molar-refractivity contribution is 6.25. The molecule has 2 saturated heterocycles. The Morgan fingerprint density at radius 1 is 0.476 bits per heavy atom. The maximum atomic E-state index is 14.1. The van der Waals surface area contributed by atoms with Gasteiger partial charge in [0.2, 0.25) is 23.6 Å². The Balaban J connectivity index is 2.32. The van der Waals surface area contributed by atoms with E-state index >= 15 is 0 Å². The highest BCUT2D eigenvalue weighted by Crippen LogP contribution is 2.51. The third-order valence-electron chi connectivity index (χ3n) is 8.71. The molecular formula is C35H52N2O5. The van der Waals surface area contributed by atoms with Crippen LogP contribution in [0.5, 0.6) is 0 Å². The maximum absolute atomic E-state index is 14.1. The number of benzene rings is 1. The predicted octanol–water partition coefficient (Wildman–Crippen LogP) is 7.31. The molecule has 0 saturated carbocycles. The molecule has 3 rings (SSSR count). The molecule has 4 amide bonds. The van der Waals surface area contributed by atoms with Crippen molar-refractivity contribution in [3.05, 3.63) is 23.8 Å². The smallest absolute Gasteiger partial charge is 0.238 e. The molecule has 232 valence electrons. The number of hydrogen-bond acceptors (Lipinski definition) is 5. The predicted molar refractivity (Wildman–Crippen MR) is 167 cm³/mol. The molecule has 0 N–H and O–H groups in total. The third kappa shape index (κ3) is 5.85. The molecule has 2 aliphatic rings. The molecular weight excluding hydrogens is 528 g/mol. The van der Waals surface area contributed by atoms with Gasteiger partial charge in [0.15, 0.2) is 5.78 Å². The van der Waals surface area contributed by atoms with Crippen molar-refractivity contribution < 1.29 is 24.0 Å². The maximum Gasteiger partial charge on any atom is 0.238 e. The topological polar surface area (TPSA) is 91.8 Å². The van der Waals surface area contributed by atoms with Gasteiger partial charge < -0.3 is 0 Å². The minimum absolute atomic E-state index is 0.211. The second-order valence-electron chi connectivity index (χ2n) is 17.7. The summed E-state index contributed by atoms with van der Waals surface area (Å²) in [5, 5.41) is 0. The second kappa shape index (κ2) is 10.1. The summed E-state index contributed by atoms with van der Waals surface area (Å²) < 4.78 is 0. The van der Waals surface area contributed by atoms with Crippen molar-refractivity contribution in [1.29, 1.82) is 0 Å². The van der Waals surface area contributed by atoms with E-state index in [4.69, 9.17) is 0 Å². The molecule has 2 fully saturated rings. The lowest BCUT2D eigenvalue weighted by Crippen LogP contribution is -2.38. The first-order chi connectivity index (χ1) is 18.6. The van der Waals surface area contributed by atoms with E-state index in [-0.39, 0.29) is 46.4 Å². The molecule has 1 aromatic rings. The number of rotatable bonds is 3. The summed E-state index contributed by atoms with van der Waals surface area (Å²) in [4.78, 5) is 72.4. The molecule has 2 aliphatic heterocycles. The van der Waals surface area contributed by atoms with Crippen molar-refractivity contribution in [3.8, 4) is 0 Å². The van der Waals surface area contributed by atoms with Gasteiger partial charge in [0, 0.05) is 11.0 Å². The number of carbonyl (C=O) groups excluding carboxylic acids is 5. The van der Waals surface area contributed by atoms with Crippen molar-refractivity contribution in [3.63, 3.8) is 0 Å². The lowest BCUT2D eigenvalue weighted by molar-refractivity contribution is -0.127. The lowest BCUT2D eigenvalue weighted by Gasteiger charge is -2.35. The van der Waals surface area contributed by atoms with Gasteiger partial charge in [0.1, 0.15) is 0 Å². The molecule has 1 aromatic carbocycles. The molecule has 0 aliphatic carbocycles. The van der Waals surface area contributed by atoms with Crippen molar-refractivity contribution in [1.82, 2.24) is 0 Å². The van der Waals surface area contributed by atoms with Gasteiger partial charge in [0.25, 0.3) is 0 Å². The normalized spacial score (nSPS) is 24.7. The summed E-state index contributed by atoms with van der Waals surface area (Å²) in [6.07, 6.45) is 0. The van der Waals surface area contributed by atoms with Crippen molar-refractivity contribution >= 4 is 40.8 Å². The zero-order valence-corrected chi connectivity index (χ0v) is 28.5. The zero-order valence-electron chi connectivity index (χ0n) is 28.5.